The van der Waals surface area contributed by atoms with E-state index >= 15 is 0 Å². The molecule has 0 saturated heterocycles. The van der Waals surface area contributed by atoms with Gasteiger partial charge in [0.05, 0.1) is 0 Å². The zero-order chi connectivity index (χ0) is 15.8. The number of carbonyl (C=O) groups is 1. The van der Waals surface area contributed by atoms with Crippen molar-refractivity contribution in [3.63, 3.8) is 0 Å². The summed E-state index contributed by atoms with van der Waals surface area (Å²) in [6.07, 6.45) is 2.29. The number of benzene rings is 1. The Balaban J connectivity index is 1.98. The Morgan fingerprint density at radius 1 is 1.32 bits per heavy atom. The van der Waals surface area contributed by atoms with E-state index in [1.807, 2.05) is 0 Å². The van der Waals surface area contributed by atoms with E-state index in [4.69, 9.17) is 4.74 Å². The lowest BCUT2D eigenvalue weighted by Crippen LogP contribution is -2.25. The molecule has 6 heteroatoms. The fourth-order valence-electron chi connectivity index (χ4n) is 1.87. The molecule has 2 N–H and O–H groups in total. The van der Waals surface area contributed by atoms with Crippen molar-refractivity contribution in [1.29, 1.82) is 0 Å². The molecule has 2 aromatic rings. The van der Waals surface area contributed by atoms with Crippen molar-refractivity contribution in [2.24, 2.45) is 0 Å². The normalized spacial score (nSPS) is 10.3. The third-order valence-corrected chi connectivity index (χ3v) is 2.93. The van der Waals surface area contributed by atoms with Crippen LogP contribution in [0.2, 0.25) is 0 Å². The standard InChI is InChI=1S/C16H18FN3O2/c1-22-9-3-7-19-16(21)12-6-8-18-15(10-12)20-14-5-2-4-13(17)11-14/h2,4-6,8,10-11H,3,7,9H2,1H3,(H,18,20)(H,19,21). The maximum atomic E-state index is 13.1. The van der Waals surface area contributed by atoms with Gasteiger partial charge in [-0.05, 0) is 36.8 Å². The Morgan fingerprint density at radius 3 is 2.95 bits per heavy atom. The molecule has 0 unspecified atom stereocenters. The van der Waals surface area contributed by atoms with Gasteiger partial charge in [0.15, 0.2) is 0 Å². The lowest BCUT2D eigenvalue weighted by Gasteiger charge is -2.08. The Morgan fingerprint density at radius 2 is 2.18 bits per heavy atom. The van der Waals surface area contributed by atoms with E-state index in [2.05, 4.69) is 15.6 Å². The van der Waals surface area contributed by atoms with Crippen LogP contribution in [0.5, 0.6) is 0 Å². The van der Waals surface area contributed by atoms with Gasteiger partial charge in [0, 0.05) is 37.7 Å². The van der Waals surface area contributed by atoms with Crippen LogP contribution in [0.15, 0.2) is 42.6 Å². The second-order valence-corrected chi connectivity index (χ2v) is 4.67. The zero-order valence-electron chi connectivity index (χ0n) is 12.3. The van der Waals surface area contributed by atoms with Gasteiger partial charge in [0.1, 0.15) is 11.6 Å². The molecule has 1 heterocycles. The maximum Gasteiger partial charge on any atom is 0.251 e. The van der Waals surface area contributed by atoms with Gasteiger partial charge >= 0.3 is 0 Å². The molecule has 0 bridgehead atoms. The lowest BCUT2D eigenvalue weighted by molar-refractivity contribution is 0.0948. The minimum Gasteiger partial charge on any atom is -0.385 e. The molecule has 22 heavy (non-hydrogen) atoms. The third kappa shape index (κ3) is 4.82. The molecule has 0 radical (unpaired) electrons. The van der Waals surface area contributed by atoms with Gasteiger partial charge in [-0.1, -0.05) is 6.07 Å². The number of pyridine rings is 1. The summed E-state index contributed by atoms with van der Waals surface area (Å²) in [6, 6.07) is 9.30. The predicted octanol–water partition coefficient (Wildman–Crippen LogP) is 2.73. The van der Waals surface area contributed by atoms with Crippen molar-refractivity contribution in [2.45, 2.75) is 6.42 Å². The highest BCUT2D eigenvalue weighted by molar-refractivity contribution is 5.94. The number of nitrogens with one attached hydrogen (secondary N) is 2. The van der Waals surface area contributed by atoms with Crippen LogP contribution in [0, 0.1) is 5.82 Å². The summed E-state index contributed by atoms with van der Waals surface area (Å²) in [7, 11) is 1.62. The molecular weight excluding hydrogens is 285 g/mol. The lowest BCUT2D eigenvalue weighted by atomic mass is 10.2. The monoisotopic (exact) mass is 303 g/mol. The van der Waals surface area contributed by atoms with Crippen molar-refractivity contribution in [2.75, 3.05) is 25.6 Å². The number of hydrogen-bond donors (Lipinski definition) is 2. The third-order valence-electron chi connectivity index (χ3n) is 2.93. The van der Waals surface area contributed by atoms with Crippen LogP contribution in [0.3, 0.4) is 0 Å². The smallest absolute Gasteiger partial charge is 0.251 e. The first-order chi connectivity index (χ1) is 10.7. The van der Waals surface area contributed by atoms with Crippen molar-refractivity contribution < 1.29 is 13.9 Å². The van der Waals surface area contributed by atoms with Gasteiger partial charge in [-0.2, -0.15) is 0 Å². The molecule has 116 valence electrons. The van der Waals surface area contributed by atoms with E-state index < -0.39 is 0 Å². The summed E-state index contributed by atoms with van der Waals surface area (Å²) in [5, 5.41) is 5.76. The largest absolute Gasteiger partial charge is 0.385 e. The number of hydrogen-bond acceptors (Lipinski definition) is 4. The van der Waals surface area contributed by atoms with Gasteiger partial charge in [-0.3, -0.25) is 4.79 Å². The van der Waals surface area contributed by atoms with E-state index in [1.54, 1.807) is 31.4 Å². The van der Waals surface area contributed by atoms with Crippen LogP contribution >= 0.6 is 0 Å². The average molecular weight is 303 g/mol. The van der Waals surface area contributed by atoms with Crippen LogP contribution in [0.25, 0.3) is 0 Å². The topological polar surface area (TPSA) is 63.2 Å². The highest BCUT2D eigenvalue weighted by atomic mass is 19.1. The Bertz CT molecular complexity index is 634. The van der Waals surface area contributed by atoms with Crippen LogP contribution in [0.4, 0.5) is 15.9 Å². The van der Waals surface area contributed by atoms with Crippen molar-refractivity contribution in [3.8, 4) is 0 Å². The first kappa shape index (κ1) is 15.9. The number of nitrogens with zero attached hydrogens (tertiary/aromatic N) is 1. The molecular formula is C16H18FN3O2. The minimum atomic E-state index is -0.336. The summed E-state index contributed by atoms with van der Waals surface area (Å²) in [5.74, 6) is -0.0343. The summed E-state index contributed by atoms with van der Waals surface area (Å²) >= 11 is 0. The number of anilines is 2. The second kappa shape index (κ2) is 8.09. The van der Waals surface area contributed by atoms with E-state index in [-0.39, 0.29) is 11.7 Å². The molecule has 0 aliphatic carbocycles. The number of carbonyl (C=O) groups excluding carboxylic acids is 1. The van der Waals surface area contributed by atoms with Crippen LogP contribution < -0.4 is 10.6 Å². The van der Waals surface area contributed by atoms with Gasteiger partial charge < -0.3 is 15.4 Å². The Labute approximate surface area is 128 Å². The fourth-order valence-corrected chi connectivity index (χ4v) is 1.87. The van der Waals surface area contributed by atoms with Crippen LogP contribution in [0.1, 0.15) is 16.8 Å². The number of ether oxygens (including phenoxy) is 1. The zero-order valence-corrected chi connectivity index (χ0v) is 12.3. The fraction of sp³-hybridized carbons (Fsp3) is 0.250. The van der Waals surface area contributed by atoms with E-state index in [0.29, 0.717) is 30.2 Å². The summed E-state index contributed by atoms with van der Waals surface area (Å²) in [6.45, 7) is 1.14. The average Bonchev–Trinajstić information content (AvgIpc) is 2.52. The predicted molar refractivity (Wildman–Crippen MR) is 82.7 cm³/mol. The maximum absolute atomic E-state index is 13.1. The summed E-state index contributed by atoms with van der Waals surface area (Å²) < 4.78 is 18.1. The van der Waals surface area contributed by atoms with Crippen molar-refractivity contribution in [1.82, 2.24) is 10.3 Å². The summed E-state index contributed by atoms with van der Waals surface area (Å²) in [5.41, 5.74) is 1.07. The van der Waals surface area contributed by atoms with Gasteiger partial charge in [0.25, 0.3) is 5.91 Å². The molecule has 1 aromatic carbocycles. The summed E-state index contributed by atoms with van der Waals surface area (Å²) in [4.78, 5) is 16.1. The van der Waals surface area contributed by atoms with Gasteiger partial charge in [-0.15, -0.1) is 0 Å². The number of halogens is 1. The van der Waals surface area contributed by atoms with Crippen molar-refractivity contribution >= 4 is 17.4 Å². The molecule has 0 spiro atoms. The molecule has 0 atom stereocenters. The number of aromatic nitrogens is 1. The molecule has 0 aliphatic rings. The molecule has 5 nitrogen and oxygen atoms in total. The molecule has 1 amide bonds. The molecule has 2 rings (SSSR count). The van der Waals surface area contributed by atoms with E-state index in [1.165, 1.54) is 18.3 Å². The molecule has 1 aromatic heterocycles. The van der Waals surface area contributed by atoms with Crippen molar-refractivity contribution in [3.05, 3.63) is 54.0 Å². The quantitative estimate of drug-likeness (QED) is 0.772. The highest BCUT2D eigenvalue weighted by Crippen LogP contribution is 2.16. The molecule has 0 saturated carbocycles. The first-order valence-corrected chi connectivity index (χ1v) is 6.95. The molecule has 0 aliphatic heterocycles. The van der Waals surface area contributed by atoms with E-state index in [9.17, 15) is 9.18 Å². The first-order valence-electron chi connectivity index (χ1n) is 6.95. The molecule has 0 fully saturated rings. The minimum absolute atomic E-state index is 0.180. The van der Waals surface area contributed by atoms with E-state index in [0.717, 1.165) is 6.42 Å². The Hall–Kier alpha value is -2.47. The number of amides is 1. The SMILES string of the molecule is COCCCNC(=O)c1ccnc(Nc2cccc(F)c2)c1. The number of methoxy groups -OCH3 is 1. The van der Waals surface area contributed by atoms with Crippen LogP contribution in [-0.4, -0.2) is 31.2 Å². The van der Waals surface area contributed by atoms with Crippen LogP contribution in [-0.2, 0) is 4.74 Å². The number of rotatable bonds is 7. The van der Waals surface area contributed by atoms with Gasteiger partial charge in [0.2, 0.25) is 0 Å². The van der Waals surface area contributed by atoms with Gasteiger partial charge in [-0.25, -0.2) is 9.37 Å². The highest BCUT2D eigenvalue weighted by Gasteiger charge is 2.06. The Kier molecular flexibility index (Phi) is 5.85. The second-order valence-electron chi connectivity index (χ2n) is 4.67.